The molecule has 0 bridgehead atoms. The average molecular weight is 349 g/mol. The zero-order valence-electron chi connectivity index (χ0n) is 13.9. The summed E-state index contributed by atoms with van der Waals surface area (Å²) in [5, 5.41) is 12.7. The molecule has 1 aromatic heterocycles. The first kappa shape index (κ1) is 18.0. The number of aromatic nitrogens is 2. The molecule has 0 aliphatic rings. The summed E-state index contributed by atoms with van der Waals surface area (Å²) in [6, 6.07) is 8.29. The highest BCUT2D eigenvalue weighted by molar-refractivity contribution is 6.33. The molecule has 24 heavy (non-hydrogen) atoms. The standard InChI is InChI=1S/C17H21ClN4O2/c1-10(2)8-14(16(23)19-3)20-17(24)15-9-13(21-22-15)11-6-4-5-7-12(11)18/h4-7,9-10,14H,8H2,1-3H3,(H,19,23)(H,20,24)(H,21,22)/t14-/m1/s1. The van der Waals surface area contributed by atoms with E-state index in [9.17, 15) is 9.59 Å². The molecule has 0 saturated carbocycles. The van der Waals surface area contributed by atoms with Gasteiger partial charge in [0, 0.05) is 12.6 Å². The fourth-order valence-corrected chi connectivity index (χ4v) is 2.59. The van der Waals surface area contributed by atoms with Crippen molar-refractivity contribution in [3.8, 4) is 11.3 Å². The van der Waals surface area contributed by atoms with E-state index in [0.717, 1.165) is 5.56 Å². The summed E-state index contributed by atoms with van der Waals surface area (Å²) in [6.07, 6.45) is 0.553. The highest BCUT2D eigenvalue weighted by Gasteiger charge is 2.22. The van der Waals surface area contributed by atoms with E-state index < -0.39 is 6.04 Å². The second-order valence-electron chi connectivity index (χ2n) is 5.92. The molecule has 0 aliphatic carbocycles. The van der Waals surface area contributed by atoms with E-state index in [0.29, 0.717) is 17.1 Å². The summed E-state index contributed by atoms with van der Waals surface area (Å²) < 4.78 is 0. The van der Waals surface area contributed by atoms with Crippen LogP contribution in [0.3, 0.4) is 0 Å². The molecular formula is C17H21ClN4O2. The number of carbonyl (C=O) groups excluding carboxylic acids is 2. The van der Waals surface area contributed by atoms with Crippen molar-refractivity contribution in [1.29, 1.82) is 0 Å². The fraction of sp³-hybridized carbons (Fsp3) is 0.353. The number of benzene rings is 1. The molecule has 1 heterocycles. The Kier molecular flexibility index (Phi) is 5.98. The van der Waals surface area contributed by atoms with Gasteiger partial charge >= 0.3 is 0 Å². The maximum absolute atomic E-state index is 12.4. The number of rotatable bonds is 6. The minimum Gasteiger partial charge on any atom is -0.357 e. The summed E-state index contributed by atoms with van der Waals surface area (Å²) in [5.41, 5.74) is 1.59. The molecule has 2 aromatic rings. The van der Waals surface area contributed by atoms with Crippen LogP contribution in [0.2, 0.25) is 5.02 Å². The van der Waals surface area contributed by atoms with Gasteiger partial charge < -0.3 is 10.6 Å². The molecule has 128 valence electrons. The van der Waals surface area contributed by atoms with Gasteiger partial charge in [-0.1, -0.05) is 43.6 Å². The SMILES string of the molecule is CNC(=O)[C@@H](CC(C)C)NC(=O)c1cc(-c2ccccc2Cl)n[nH]1. The zero-order chi connectivity index (χ0) is 17.7. The summed E-state index contributed by atoms with van der Waals surface area (Å²) in [6.45, 7) is 3.99. The van der Waals surface area contributed by atoms with Gasteiger partial charge in [0.25, 0.3) is 5.91 Å². The van der Waals surface area contributed by atoms with Crippen LogP contribution in [0.1, 0.15) is 30.8 Å². The number of nitrogens with one attached hydrogen (secondary N) is 3. The quantitative estimate of drug-likeness (QED) is 0.750. The maximum atomic E-state index is 12.4. The minimum absolute atomic E-state index is 0.220. The largest absolute Gasteiger partial charge is 0.357 e. The lowest BCUT2D eigenvalue weighted by atomic mass is 10.0. The van der Waals surface area contributed by atoms with Gasteiger partial charge in [-0.15, -0.1) is 0 Å². The Hall–Kier alpha value is -2.34. The maximum Gasteiger partial charge on any atom is 0.269 e. The third-order valence-corrected chi connectivity index (χ3v) is 3.88. The van der Waals surface area contributed by atoms with E-state index in [2.05, 4.69) is 20.8 Å². The van der Waals surface area contributed by atoms with Crippen LogP contribution in [0.25, 0.3) is 11.3 Å². The molecule has 6 nitrogen and oxygen atoms in total. The molecule has 2 amide bonds. The van der Waals surface area contributed by atoms with Crippen molar-refractivity contribution in [2.24, 2.45) is 5.92 Å². The third-order valence-electron chi connectivity index (χ3n) is 3.55. The smallest absolute Gasteiger partial charge is 0.269 e. The predicted octanol–water partition coefficient (Wildman–Crippen LogP) is 2.62. The Morgan fingerprint density at radius 1 is 1.29 bits per heavy atom. The topological polar surface area (TPSA) is 86.9 Å². The van der Waals surface area contributed by atoms with Gasteiger partial charge in [0.05, 0.1) is 10.7 Å². The van der Waals surface area contributed by atoms with Crippen molar-refractivity contribution in [3.63, 3.8) is 0 Å². The molecule has 1 atom stereocenters. The number of H-pyrrole nitrogens is 1. The summed E-state index contributed by atoms with van der Waals surface area (Å²) in [4.78, 5) is 24.3. The lowest BCUT2D eigenvalue weighted by molar-refractivity contribution is -0.122. The van der Waals surface area contributed by atoms with Crippen molar-refractivity contribution in [3.05, 3.63) is 41.0 Å². The summed E-state index contributed by atoms with van der Waals surface area (Å²) in [7, 11) is 1.55. The minimum atomic E-state index is -0.588. The van der Waals surface area contributed by atoms with Crippen LogP contribution in [0.5, 0.6) is 0 Å². The number of hydrogen-bond acceptors (Lipinski definition) is 3. The third kappa shape index (κ3) is 4.35. The highest BCUT2D eigenvalue weighted by atomic mass is 35.5. The van der Waals surface area contributed by atoms with Crippen molar-refractivity contribution in [2.75, 3.05) is 7.05 Å². The van der Waals surface area contributed by atoms with Gasteiger partial charge in [-0.3, -0.25) is 14.7 Å². The number of hydrogen-bond donors (Lipinski definition) is 3. The normalized spacial score (nSPS) is 12.0. The number of aromatic amines is 1. The Labute approximate surface area is 146 Å². The van der Waals surface area contributed by atoms with E-state index >= 15 is 0 Å². The van der Waals surface area contributed by atoms with Crippen molar-refractivity contribution in [2.45, 2.75) is 26.3 Å². The van der Waals surface area contributed by atoms with Crippen molar-refractivity contribution in [1.82, 2.24) is 20.8 Å². The van der Waals surface area contributed by atoms with Gasteiger partial charge in [-0.25, -0.2) is 0 Å². The molecule has 1 aromatic carbocycles. The lowest BCUT2D eigenvalue weighted by Gasteiger charge is -2.18. The van der Waals surface area contributed by atoms with Crippen molar-refractivity contribution < 1.29 is 9.59 Å². The van der Waals surface area contributed by atoms with Gasteiger partial charge in [0.15, 0.2) is 0 Å². The number of halogens is 1. The molecule has 3 N–H and O–H groups in total. The molecule has 0 fully saturated rings. The van der Waals surface area contributed by atoms with Crippen LogP contribution < -0.4 is 10.6 Å². The molecule has 0 saturated heterocycles. The number of carbonyl (C=O) groups is 2. The Bertz CT molecular complexity index is 727. The fourth-order valence-electron chi connectivity index (χ4n) is 2.36. The van der Waals surface area contributed by atoms with Crippen LogP contribution in [0.15, 0.2) is 30.3 Å². The first-order valence-corrected chi connectivity index (χ1v) is 8.13. The van der Waals surface area contributed by atoms with Gasteiger partial charge in [-0.05, 0) is 24.5 Å². The molecule has 0 radical (unpaired) electrons. The van der Waals surface area contributed by atoms with Crippen molar-refractivity contribution >= 4 is 23.4 Å². The molecular weight excluding hydrogens is 328 g/mol. The Morgan fingerprint density at radius 3 is 2.62 bits per heavy atom. The second kappa shape index (κ2) is 7.97. The second-order valence-corrected chi connectivity index (χ2v) is 6.32. The average Bonchev–Trinajstić information content (AvgIpc) is 3.03. The number of nitrogens with zero attached hydrogens (tertiary/aromatic N) is 1. The first-order valence-electron chi connectivity index (χ1n) is 7.75. The Morgan fingerprint density at radius 2 is 2.00 bits per heavy atom. The molecule has 0 spiro atoms. The summed E-state index contributed by atoms with van der Waals surface area (Å²) in [5.74, 6) is -0.328. The zero-order valence-corrected chi connectivity index (χ0v) is 14.6. The number of likely N-dealkylation sites (N-methyl/N-ethyl adjacent to an activating group) is 1. The van der Waals surface area contributed by atoms with Crippen LogP contribution in [-0.4, -0.2) is 35.1 Å². The van der Waals surface area contributed by atoms with Crippen LogP contribution in [0.4, 0.5) is 0 Å². The molecule has 0 unspecified atom stereocenters. The molecule has 7 heteroatoms. The van der Waals surface area contributed by atoms with E-state index in [-0.39, 0.29) is 23.4 Å². The van der Waals surface area contributed by atoms with E-state index in [1.54, 1.807) is 19.2 Å². The lowest BCUT2D eigenvalue weighted by Crippen LogP contribution is -2.46. The monoisotopic (exact) mass is 348 g/mol. The number of amides is 2. The van der Waals surface area contributed by atoms with E-state index in [1.165, 1.54) is 0 Å². The van der Waals surface area contributed by atoms with Gasteiger partial charge in [-0.2, -0.15) is 5.10 Å². The van der Waals surface area contributed by atoms with Crippen LogP contribution in [0, 0.1) is 5.92 Å². The Balaban J connectivity index is 2.15. The van der Waals surface area contributed by atoms with Gasteiger partial charge in [0.2, 0.25) is 5.91 Å². The van der Waals surface area contributed by atoms with E-state index in [1.807, 2.05) is 32.0 Å². The van der Waals surface area contributed by atoms with E-state index in [4.69, 9.17) is 11.6 Å². The van der Waals surface area contributed by atoms with Crippen LogP contribution >= 0.6 is 11.6 Å². The summed E-state index contributed by atoms with van der Waals surface area (Å²) >= 11 is 6.14. The van der Waals surface area contributed by atoms with Crippen LogP contribution in [-0.2, 0) is 4.79 Å². The predicted molar refractivity (Wildman–Crippen MR) is 93.8 cm³/mol. The molecule has 0 aliphatic heterocycles. The van der Waals surface area contributed by atoms with Gasteiger partial charge in [0.1, 0.15) is 11.7 Å². The highest BCUT2D eigenvalue weighted by Crippen LogP contribution is 2.26. The molecule has 2 rings (SSSR count). The first-order chi connectivity index (χ1) is 11.4.